The molecule has 0 spiro atoms. The summed E-state index contributed by atoms with van der Waals surface area (Å²) >= 11 is 0. The van der Waals surface area contributed by atoms with Gasteiger partial charge >= 0.3 is 6.18 Å². The van der Waals surface area contributed by atoms with Gasteiger partial charge in [-0.15, -0.1) is 5.10 Å². The monoisotopic (exact) mass is 396 g/mol. The summed E-state index contributed by atoms with van der Waals surface area (Å²) in [5.41, 5.74) is -1.44. The highest BCUT2D eigenvalue weighted by Gasteiger charge is 2.34. The number of carbonyl (C=O) groups is 1. The Morgan fingerprint density at radius 3 is 2.54 bits per heavy atom. The van der Waals surface area contributed by atoms with E-state index in [0.29, 0.717) is 6.07 Å². The number of hydrogen-bond acceptors (Lipinski definition) is 3. The van der Waals surface area contributed by atoms with Crippen molar-refractivity contribution in [2.75, 3.05) is 0 Å². The van der Waals surface area contributed by atoms with Gasteiger partial charge in [0.2, 0.25) is 0 Å². The Morgan fingerprint density at radius 1 is 1.14 bits per heavy atom. The van der Waals surface area contributed by atoms with Crippen LogP contribution in [0.25, 0.3) is 5.69 Å². The van der Waals surface area contributed by atoms with Crippen LogP contribution in [-0.2, 0) is 6.18 Å². The zero-order chi connectivity index (χ0) is 20.5. The van der Waals surface area contributed by atoms with Gasteiger partial charge in [-0.05, 0) is 25.1 Å². The summed E-state index contributed by atoms with van der Waals surface area (Å²) in [6.07, 6.45) is -3.58. The summed E-state index contributed by atoms with van der Waals surface area (Å²) in [5, 5.41) is 9.59. The maximum absolute atomic E-state index is 13.8. The Hall–Kier alpha value is -3.30. The van der Waals surface area contributed by atoms with Crippen LogP contribution in [0, 0.1) is 11.6 Å². The van der Waals surface area contributed by atoms with E-state index in [1.54, 1.807) is 0 Å². The van der Waals surface area contributed by atoms with Crippen molar-refractivity contribution < 1.29 is 26.7 Å². The lowest BCUT2D eigenvalue weighted by Gasteiger charge is -2.14. The Bertz CT molecular complexity index is 1020. The summed E-state index contributed by atoms with van der Waals surface area (Å²) in [6, 6.07) is 6.79. The Morgan fingerprint density at radius 2 is 1.86 bits per heavy atom. The minimum absolute atomic E-state index is 0.0459. The lowest BCUT2D eigenvalue weighted by molar-refractivity contribution is -0.137. The fraction of sp³-hybridized carbons (Fsp3) is 0.167. The molecule has 1 atom stereocenters. The van der Waals surface area contributed by atoms with Crippen molar-refractivity contribution in [3.63, 3.8) is 0 Å². The van der Waals surface area contributed by atoms with Gasteiger partial charge in [-0.25, -0.2) is 13.5 Å². The van der Waals surface area contributed by atoms with Gasteiger partial charge in [0.05, 0.1) is 23.5 Å². The average Bonchev–Trinajstić information content (AvgIpc) is 3.11. The fourth-order valence-corrected chi connectivity index (χ4v) is 2.60. The van der Waals surface area contributed by atoms with E-state index >= 15 is 0 Å². The van der Waals surface area contributed by atoms with Crippen molar-refractivity contribution in [2.45, 2.75) is 19.1 Å². The maximum Gasteiger partial charge on any atom is 0.418 e. The first kappa shape index (κ1) is 19.5. The van der Waals surface area contributed by atoms with Crippen LogP contribution in [0.15, 0.2) is 48.7 Å². The molecule has 2 aromatic carbocycles. The van der Waals surface area contributed by atoms with Crippen LogP contribution in [0.4, 0.5) is 22.0 Å². The van der Waals surface area contributed by atoms with E-state index in [2.05, 4.69) is 15.6 Å². The average molecular weight is 396 g/mol. The molecule has 1 unspecified atom stereocenters. The topological polar surface area (TPSA) is 59.8 Å². The number of nitrogens with zero attached hydrogens (tertiary/aromatic N) is 3. The number of nitrogens with one attached hydrogen (secondary N) is 1. The van der Waals surface area contributed by atoms with E-state index in [9.17, 15) is 26.7 Å². The van der Waals surface area contributed by atoms with Gasteiger partial charge in [0.1, 0.15) is 11.6 Å². The molecule has 3 aromatic rings. The quantitative estimate of drug-likeness (QED) is 0.677. The Balaban J connectivity index is 1.82. The SMILES string of the molecule is CC(NC(=O)c1cn(-c2ccccc2C(F)(F)F)nn1)c1ccc(F)cc1F. The summed E-state index contributed by atoms with van der Waals surface area (Å²) in [6.45, 7) is 1.47. The molecule has 0 aliphatic carbocycles. The van der Waals surface area contributed by atoms with Crippen LogP contribution in [0.5, 0.6) is 0 Å². The van der Waals surface area contributed by atoms with E-state index in [1.165, 1.54) is 31.2 Å². The number of para-hydroxylation sites is 1. The molecule has 28 heavy (non-hydrogen) atoms. The van der Waals surface area contributed by atoms with Crippen molar-refractivity contribution in [1.82, 2.24) is 20.3 Å². The molecule has 1 N–H and O–H groups in total. The molecule has 146 valence electrons. The van der Waals surface area contributed by atoms with Crippen LogP contribution < -0.4 is 5.32 Å². The second-order valence-corrected chi connectivity index (χ2v) is 5.92. The Labute approximate surface area is 155 Å². The molecule has 0 fully saturated rings. The lowest BCUT2D eigenvalue weighted by atomic mass is 10.1. The van der Waals surface area contributed by atoms with E-state index in [1.807, 2.05) is 0 Å². The second kappa shape index (κ2) is 7.37. The molecule has 3 rings (SSSR count). The highest BCUT2D eigenvalue weighted by atomic mass is 19.4. The van der Waals surface area contributed by atoms with E-state index in [-0.39, 0.29) is 16.9 Å². The molecular weight excluding hydrogens is 383 g/mol. The molecule has 0 bridgehead atoms. The molecule has 0 aliphatic heterocycles. The van der Waals surface area contributed by atoms with E-state index in [4.69, 9.17) is 0 Å². The lowest BCUT2D eigenvalue weighted by Crippen LogP contribution is -2.27. The van der Waals surface area contributed by atoms with Crippen LogP contribution in [0.1, 0.15) is 34.6 Å². The number of alkyl halides is 3. The van der Waals surface area contributed by atoms with Crippen molar-refractivity contribution in [3.05, 3.63) is 77.1 Å². The third kappa shape index (κ3) is 4.00. The predicted molar refractivity (Wildman–Crippen MR) is 88.6 cm³/mol. The summed E-state index contributed by atoms with van der Waals surface area (Å²) in [4.78, 5) is 12.3. The van der Waals surface area contributed by atoms with Crippen molar-refractivity contribution in [2.24, 2.45) is 0 Å². The zero-order valence-electron chi connectivity index (χ0n) is 14.3. The first-order valence-corrected chi connectivity index (χ1v) is 8.01. The standard InChI is InChI=1S/C18H13F5N4O/c1-10(12-7-6-11(19)8-14(12)20)24-17(28)15-9-27(26-25-15)16-5-3-2-4-13(16)18(21,22)23/h2-10H,1H3,(H,24,28). The first-order valence-electron chi connectivity index (χ1n) is 8.01. The number of aromatic nitrogens is 3. The van der Waals surface area contributed by atoms with Gasteiger partial charge in [-0.3, -0.25) is 4.79 Å². The molecule has 1 amide bonds. The van der Waals surface area contributed by atoms with Crippen LogP contribution in [-0.4, -0.2) is 20.9 Å². The van der Waals surface area contributed by atoms with Crippen LogP contribution in [0.2, 0.25) is 0 Å². The van der Waals surface area contributed by atoms with Crippen molar-refractivity contribution in [1.29, 1.82) is 0 Å². The summed E-state index contributed by atoms with van der Waals surface area (Å²) in [5.74, 6) is -2.37. The number of halogens is 5. The van der Waals surface area contributed by atoms with Crippen molar-refractivity contribution >= 4 is 5.91 Å². The molecular formula is C18H13F5N4O. The van der Waals surface area contributed by atoms with Gasteiger partial charge in [-0.2, -0.15) is 13.2 Å². The molecule has 1 aromatic heterocycles. The number of benzene rings is 2. The molecule has 0 saturated carbocycles. The van der Waals surface area contributed by atoms with Gasteiger partial charge in [0, 0.05) is 11.6 Å². The zero-order valence-corrected chi connectivity index (χ0v) is 14.3. The normalized spacial score (nSPS) is 12.6. The van der Waals surface area contributed by atoms with Crippen LogP contribution in [0.3, 0.4) is 0 Å². The van der Waals surface area contributed by atoms with Gasteiger partial charge in [0.25, 0.3) is 5.91 Å². The molecule has 0 radical (unpaired) electrons. The molecule has 0 saturated heterocycles. The van der Waals surface area contributed by atoms with E-state index in [0.717, 1.165) is 23.0 Å². The van der Waals surface area contributed by atoms with Gasteiger partial charge < -0.3 is 5.32 Å². The molecule has 1 heterocycles. The second-order valence-electron chi connectivity index (χ2n) is 5.92. The van der Waals surface area contributed by atoms with Crippen LogP contribution >= 0.6 is 0 Å². The number of amides is 1. The maximum atomic E-state index is 13.8. The minimum Gasteiger partial charge on any atom is -0.344 e. The number of carbonyl (C=O) groups excluding carboxylic acids is 1. The van der Waals surface area contributed by atoms with Gasteiger partial charge in [0.15, 0.2) is 5.69 Å². The fourth-order valence-electron chi connectivity index (χ4n) is 2.60. The van der Waals surface area contributed by atoms with Gasteiger partial charge in [-0.1, -0.05) is 23.4 Å². The predicted octanol–water partition coefficient (Wildman–Crippen LogP) is 4.06. The summed E-state index contributed by atoms with van der Waals surface area (Å²) in [7, 11) is 0. The smallest absolute Gasteiger partial charge is 0.344 e. The Kier molecular flexibility index (Phi) is 5.12. The first-order chi connectivity index (χ1) is 13.2. The molecule has 0 aliphatic rings. The molecule has 10 heteroatoms. The van der Waals surface area contributed by atoms with E-state index < -0.39 is 35.3 Å². The highest BCUT2D eigenvalue weighted by Crippen LogP contribution is 2.33. The minimum atomic E-state index is -4.61. The van der Waals surface area contributed by atoms with Crippen molar-refractivity contribution in [3.8, 4) is 5.69 Å². The summed E-state index contributed by atoms with van der Waals surface area (Å²) < 4.78 is 67.0. The third-order valence-corrected chi connectivity index (χ3v) is 3.96. The third-order valence-electron chi connectivity index (χ3n) is 3.96. The number of rotatable bonds is 4. The largest absolute Gasteiger partial charge is 0.418 e. The highest BCUT2D eigenvalue weighted by molar-refractivity contribution is 5.92. The number of hydrogen-bond donors (Lipinski definition) is 1. The molecule has 5 nitrogen and oxygen atoms in total.